The van der Waals surface area contributed by atoms with Gasteiger partial charge in [0.15, 0.2) is 0 Å². The highest BCUT2D eigenvalue weighted by atomic mass is 16.2. The molecule has 1 saturated heterocycles. The molecule has 2 aliphatic heterocycles. The van der Waals surface area contributed by atoms with Crippen molar-refractivity contribution < 1.29 is 19.2 Å². The van der Waals surface area contributed by atoms with E-state index in [2.05, 4.69) is 5.32 Å². The van der Waals surface area contributed by atoms with Crippen LogP contribution in [-0.4, -0.2) is 78.1 Å². The van der Waals surface area contributed by atoms with Gasteiger partial charge in [-0.25, -0.2) is 0 Å². The van der Waals surface area contributed by atoms with Gasteiger partial charge in [0.2, 0.25) is 5.91 Å². The molecule has 0 spiro atoms. The Kier molecular flexibility index (Phi) is 6.05. The van der Waals surface area contributed by atoms with Crippen LogP contribution in [0.3, 0.4) is 0 Å². The van der Waals surface area contributed by atoms with Gasteiger partial charge in [0.1, 0.15) is 0 Å². The summed E-state index contributed by atoms with van der Waals surface area (Å²) in [7, 11) is 1.44. The molecule has 4 amide bonds. The second-order valence-corrected chi connectivity index (χ2v) is 8.27. The summed E-state index contributed by atoms with van der Waals surface area (Å²) in [6.45, 7) is 4.68. The van der Waals surface area contributed by atoms with E-state index in [1.165, 1.54) is 7.05 Å². The zero-order valence-corrected chi connectivity index (χ0v) is 18.3. The Labute approximate surface area is 186 Å². The smallest absolute Gasteiger partial charge is 0.261 e. The molecule has 0 aromatic heterocycles. The van der Waals surface area contributed by atoms with Gasteiger partial charge in [0.25, 0.3) is 17.7 Å². The number of hydrogen-bond donors (Lipinski definition) is 1. The first-order valence-corrected chi connectivity index (χ1v) is 10.7. The van der Waals surface area contributed by atoms with Crippen LogP contribution in [0.4, 0.5) is 5.69 Å². The van der Waals surface area contributed by atoms with Crippen molar-refractivity contribution in [3.63, 3.8) is 0 Å². The zero-order chi connectivity index (χ0) is 22.8. The first kappa shape index (κ1) is 21.7. The van der Waals surface area contributed by atoms with E-state index in [9.17, 15) is 19.2 Å². The van der Waals surface area contributed by atoms with Gasteiger partial charge >= 0.3 is 0 Å². The summed E-state index contributed by atoms with van der Waals surface area (Å²) in [4.78, 5) is 54.5. The quantitative estimate of drug-likeness (QED) is 0.744. The number of aryl methyl sites for hydroxylation is 1. The molecule has 0 radical (unpaired) electrons. The number of imide groups is 1. The number of fused-ring (bicyclic) bond motifs is 1. The van der Waals surface area contributed by atoms with Gasteiger partial charge in [-0.2, -0.15) is 0 Å². The highest BCUT2D eigenvalue weighted by Gasteiger charge is 2.32. The summed E-state index contributed by atoms with van der Waals surface area (Å²) in [5.74, 6) is -0.889. The Morgan fingerprint density at radius 1 is 0.938 bits per heavy atom. The molecule has 0 unspecified atom stereocenters. The van der Waals surface area contributed by atoms with Gasteiger partial charge < -0.3 is 10.2 Å². The van der Waals surface area contributed by atoms with Crippen LogP contribution in [0.15, 0.2) is 42.5 Å². The Hall–Kier alpha value is -3.52. The van der Waals surface area contributed by atoms with E-state index in [0.717, 1.165) is 16.9 Å². The summed E-state index contributed by atoms with van der Waals surface area (Å²) in [6, 6.07) is 12.3. The second kappa shape index (κ2) is 8.92. The van der Waals surface area contributed by atoms with Crippen molar-refractivity contribution in [2.45, 2.75) is 13.3 Å². The monoisotopic (exact) mass is 434 g/mol. The lowest BCUT2D eigenvalue weighted by molar-refractivity contribution is -0.117. The van der Waals surface area contributed by atoms with Crippen molar-refractivity contribution in [3.05, 3.63) is 64.7 Å². The number of carbonyl (C=O) groups is 4. The minimum Gasteiger partial charge on any atom is -0.337 e. The van der Waals surface area contributed by atoms with E-state index in [1.54, 1.807) is 18.2 Å². The Balaban J connectivity index is 1.33. The van der Waals surface area contributed by atoms with Crippen LogP contribution in [0.25, 0.3) is 0 Å². The maximum absolute atomic E-state index is 12.8. The summed E-state index contributed by atoms with van der Waals surface area (Å²) in [5, 5.41) is 2.81. The second-order valence-electron chi connectivity index (χ2n) is 8.27. The van der Waals surface area contributed by atoms with E-state index in [0.29, 0.717) is 48.6 Å². The molecule has 2 aromatic carbocycles. The van der Waals surface area contributed by atoms with E-state index in [-0.39, 0.29) is 30.2 Å². The topological polar surface area (TPSA) is 90.0 Å². The molecule has 166 valence electrons. The van der Waals surface area contributed by atoms with Crippen LogP contribution >= 0.6 is 0 Å². The number of benzene rings is 2. The third-order valence-corrected chi connectivity index (χ3v) is 5.88. The molecule has 0 aliphatic carbocycles. The first-order valence-electron chi connectivity index (χ1n) is 10.7. The van der Waals surface area contributed by atoms with Gasteiger partial charge in [0.05, 0.1) is 17.7 Å². The highest BCUT2D eigenvalue weighted by molar-refractivity contribution is 6.21. The maximum Gasteiger partial charge on any atom is 0.261 e. The largest absolute Gasteiger partial charge is 0.337 e. The molecular weight excluding hydrogens is 408 g/mol. The summed E-state index contributed by atoms with van der Waals surface area (Å²) >= 11 is 0. The zero-order valence-electron chi connectivity index (χ0n) is 18.3. The summed E-state index contributed by atoms with van der Waals surface area (Å²) in [6.07, 6.45) is 0.784. The van der Waals surface area contributed by atoms with Crippen LogP contribution < -0.4 is 5.32 Å². The highest BCUT2D eigenvalue weighted by Crippen LogP contribution is 2.24. The number of anilines is 1. The third-order valence-electron chi connectivity index (χ3n) is 5.88. The summed E-state index contributed by atoms with van der Waals surface area (Å²) in [5.41, 5.74) is 2.87. The fraction of sp³-hybridized carbons (Fsp3) is 0.333. The first-order chi connectivity index (χ1) is 15.3. The fourth-order valence-corrected chi connectivity index (χ4v) is 4.14. The van der Waals surface area contributed by atoms with Crippen LogP contribution in [0.1, 0.15) is 43.1 Å². The number of nitrogens with one attached hydrogen (secondary N) is 1. The average molecular weight is 434 g/mol. The minimum absolute atomic E-state index is 0.0160. The number of amides is 4. The molecule has 2 aromatic rings. The van der Waals surface area contributed by atoms with Crippen LogP contribution in [0.5, 0.6) is 0 Å². The molecule has 32 heavy (non-hydrogen) atoms. The Morgan fingerprint density at radius 2 is 1.72 bits per heavy atom. The predicted octanol–water partition coefficient (Wildman–Crippen LogP) is 2.01. The van der Waals surface area contributed by atoms with E-state index in [1.807, 2.05) is 41.0 Å². The lowest BCUT2D eigenvalue weighted by atomic mass is 10.1. The lowest BCUT2D eigenvalue weighted by Crippen LogP contribution is -2.38. The molecule has 4 rings (SSSR count). The predicted molar refractivity (Wildman–Crippen MR) is 120 cm³/mol. The van der Waals surface area contributed by atoms with E-state index >= 15 is 0 Å². The van der Waals surface area contributed by atoms with Gasteiger partial charge in [0, 0.05) is 44.5 Å². The van der Waals surface area contributed by atoms with Crippen molar-refractivity contribution in [1.29, 1.82) is 0 Å². The van der Waals surface area contributed by atoms with Crippen molar-refractivity contribution in [2.24, 2.45) is 0 Å². The molecule has 0 bridgehead atoms. The minimum atomic E-state index is -0.369. The number of hydrogen-bond acceptors (Lipinski definition) is 5. The number of carbonyl (C=O) groups excluding carboxylic acids is 4. The molecule has 0 saturated carbocycles. The van der Waals surface area contributed by atoms with Crippen LogP contribution in [0.2, 0.25) is 0 Å². The molecule has 8 nitrogen and oxygen atoms in total. The average Bonchev–Trinajstić information content (AvgIpc) is 2.93. The van der Waals surface area contributed by atoms with Gasteiger partial charge in [-0.05, 0) is 43.7 Å². The number of rotatable bonds is 4. The molecule has 8 heteroatoms. The number of nitrogens with zero attached hydrogens (tertiary/aromatic N) is 3. The van der Waals surface area contributed by atoms with Crippen LogP contribution in [0, 0.1) is 6.92 Å². The Bertz CT molecular complexity index is 1100. The Morgan fingerprint density at radius 3 is 2.50 bits per heavy atom. The summed E-state index contributed by atoms with van der Waals surface area (Å²) < 4.78 is 0. The van der Waals surface area contributed by atoms with Crippen LogP contribution in [-0.2, 0) is 4.79 Å². The molecule has 2 aliphatic rings. The molecule has 1 fully saturated rings. The maximum atomic E-state index is 12.8. The van der Waals surface area contributed by atoms with E-state index < -0.39 is 0 Å². The van der Waals surface area contributed by atoms with Crippen molar-refractivity contribution in [2.75, 3.05) is 45.1 Å². The lowest BCUT2D eigenvalue weighted by Gasteiger charge is -2.22. The third kappa shape index (κ3) is 4.40. The molecule has 0 atom stereocenters. The fourth-order valence-electron chi connectivity index (χ4n) is 4.14. The van der Waals surface area contributed by atoms with Gasteiger partial charge in [-0.3, -0.25) is 29.0 Å². The van der Waals surface area contributed by atoms with Crippen molar-refractivity contribution >= 4 is 29.3 Å². The normalized spacial score (nSPS) is 16.7. The van der Waals surface area contributed by atoms with Crippen molar-refractivity contribution in [3.8, 4) is 0 Å². The molecular formula is C24H26N4O4. The van der Waals surface area contributed by atoms with Gasteiger partial charge in [-0.15, -0.1) is 0 Å². The molecule has 1 N–H and O–H groups in total. The van der Waals surface area contributed by atoms with Gasteiger partial charge in [-0.1, -0.05) is 17.7 Å². The SMILES string of the molecule is Cc1cccc(C(=O)N2CCCN(CC(=O)Nc3ccc4c(c3)C(=O)N(C)C4=O)CC2)c1. The molecule has 2 heterocycles. The standard InChI is InChI=1S/C24H26N4O4/c1-16-5-3-6-17(13-16)22(30)28-10-4-9-27(11-12-28)15-21(29)25-18-7-8-19-20(14-18)24(32)26(2)23(19)31/h3,5-8,13-14H,4,9-12,15H2,1-2H3,(H,25,29). The van der Waals surface area contributed by atoms with Crippen molar-refractivity contribution in [1.82, 2.24) is 14.7 Å². The van der Waals surface area contributed by atoms with E-state index in [4.69, 9.17) is 0 Å².